The highest BCUT2D eigenvalue weighted by molar-refractivity contribution is 6.31. The third-order valence-corrected chi connectivity index (χ3v) is 2.56. The zero-order chi connectivity index (χ0) is 12.7. The van der Waals surface area contributed by atoms with E-state index in [9.17, 15) is 4.79 Å². The molecule has 3 nitrogen and oxygen atoms in total. The number of methoxy groups -OCH3 is 1. The van der Waals surface area contributed by atoms with Crippen molar-refractivity contribution in [2.75, 3.05) is 20.3 Å². The minimum atomic E-state index is -0.0422. The van der Waals surface area contributed by atoms with E-state index in [-0.39, 0.29) is 5.78 Å². The molecule has 1 aromatic carbocycles. The molecule has 94 valence electrons. The number of Topliss-reactive ketones (excluding diaryl/α,β-unsaturated/α-hetero) is 1. The molecule has 4 heteroatoms. The Morgan fingerprint density at radius 2 is 2.00 bits per heavy atom. The van der Waals surface area contributed by atoms with Gasteiger partial charge in [-0.25, -0.2) is 0 Å². The lowest BCUT2D eigenvalue weighted by molar-refractivity contribution is 0.101. The first-order valence-corrected chi connectivity index (χ1v) is 5.95. The summed E-state index contributed by atoms with van der Waals surface area (Å²) in [6.07, 6.45) is 1.84. The first-order chi connectivity index (χ1) is 8.15. The smallest absolute Gasteiger partial charge is 0.163 e. The van der Waals surface area contributed by atoms with E-state index in [0.29, 0.717) is 22.9 Å². The van der Waals surface area contributed by atoms with E-state index in [0.717, 1.165) is 19.4 Å². The molecule has 0 aliphatic rings. The van der Waals surface area contributed by atoms with E-state index in [1.54, 1.807) is 25.3 Å². The topological polar surface area (TPSA) is 35.5 Å². The van der Waals surface area contributed by atoms with Gasteiger partial charge < -0.3 is 9.47 Å². The molecule has 0 heterocycles. The molecule has 0 aliphatic carbocycles. The minimum Gasteiger partial charge on any atom is -0.493 e. The van der Waals surface area contributed by atoms with Gasteiger partial charge in [0.2, 0.25) is 0 Å². The van der Waals surface area contributed by atoms with Gasteiger partial charge in [0.15, 0.2) is 5.78 Å². The van der Waals surface area contributed by atoms with Gasteiger partial charge in [-0.3, -0.25) is 4.79 Å². The van der Waals surface area contributed by atoms with Crippen LogP contribution in [-0.2, 0) is 4.74 Å². The lowest BCUT2D eigenvalue weighted by Crippen LogP contribution is -2.04. The van der Waals surface area contributed by atoms with Gasteiger partial charge in [-0.05, 0) is 38.0 Å². The van der Waals surface area contributed by atoms with Crippen molar-refractivity contribution in [1.29, 1.82) is 0 Å². The highest BCUT2D eigenvalue weighted by Gasteiger charge is 2.08. The van der Waals surface area contributed by atoms with E-state index in [4.69, 9.17) is 21.1 Å². The Kier molecular flexibility index (Phi) is 6.01. The number of unbranched alkanes of at least 4 members (excludes halogenated alkanes) is 1. The monoisotopic (exact) mass is 256 g/mol. The number of ketones is 1. The maximum Gasteiger partial charge on any atom is 0.163 e. The highest BCUT2D eigenvalue weighted by Crippen LogP contribution is 2.23. The van der Waals surface area contributed by atoms with Gasteiger partial charge in [0, 0.05) is 18.7 Å². The summed E-state index contributed by atoms with van der Waals surface area (Å²) in [4.78, 5) is 11.4. The lowest BCUT2D eigenvalue weighted by Gasteiger charge is -2.09. The Morgan fingerprint density at radius 3 is 2.65 bits per heavy atom. The average Bonchev–Trinajstić information content (AvgIpc) is 2.30. The second-order valence-electron chi connectivity index (χ2n) is 3.75. The molecule has 0 fully saturated rings. The van der Waals surface area contributed by atoms with Crippen molar-refractivity contribution in [3.05, 3.63) is 28.8 Å². The Bertz CT molecular complexity index is 377. The Morgan fingerprint density at radius 1 is 1.29 bits per heavy atom. The van der Waals surface area contributed by atoms with Gasteiger partial charge in [-0.2, -0.15) is 0 Å². The van der Waals surface area contributed by atoms with Crippen LogP contribution in [0.25, 0.3) is 0 Å². The van der Waals surface area contributed by atoms with Crippen LogP contribution in [0.4, 0.5) is 0 Å². The summed E-state index contributed by atoms with van der Waals surface area (Å²) < 4.78 is 10.5. The van der Waals surface area contributed by atoms with Crippen LogP contribution in [0.3, 0.4) is 0 Å². The second kappa shape index (κ2) is 7.30. The van der Waals surface area contributed by atoms with Crippen molar-refractivity contribution in [3.63, 3.8) is 0 Å². The normalized spacial score (nSPS) is 10.3. The van der Waals surface area contributed by atoms with Crippen LogP contribution in [0.2, 0.25) is 5.02 Å². The van der Waals surface area contributed by atoms with Gasteiger partial charge in [-0.1, -0.05) is 11.6 Å². The standard InChI is InChI=1S/C13H17ClO3/c1-10(15)12-9-11(14)5-6-13(12)17-8-4-3-7-16-2/h5-6,9H,3-4,7-8H2,1-2H3. The van der Waals surface area contributed by atoms with E-state index in [2.05, 4.69) is 0 Å². The Labute approximate surface area is 107 Å². The summed E-state index contributed by atoms with van der Waals surface area (Å²) in [5, 5.41) is 0.543. The molecule has 0 aliphatic heterocycles. The number of benzene rings is 1. The van der Waals surface area contributed by atoms with Crippen molar-refractivity contribution in [1.82, 2.24) is 0 Å². The van der Waals surface area contributed by atoms with Gasteiger partial charge in [0.1, 0.15) is 5.75 Å². The van der Waals surface area contributed by atoms with Crippen LogP contribution in [0.1, 0.15) is 30.1 Å². The summed E-state index contributed by atoms with van der Waals surface area (Å²) in [5.41, 5.74) is 0.532. The molecule has 0 N–H and O–H groups in total. The molecule has 0 amide bonds. The molecule has 1 aromatic rings. The van der Waals surface area contributed by atoms with Crippen LogP contribution < -0.4 is 4.74 Å². The molecule has 0 spiro atoms. The highest BCUT2D eigenvalue weighted by atomic mass is 35.5. The van der Waals surface area contributed by atoms with Crippen molar-refractivity contribution < 1.29 is 14.3 Å². The molecule has 0 unspecified atom stereocenters. The summed E-state index contributed by atoms with van der Waals surface area (Å²) in [5.74, 6) is 0.554. The number of carbonyl (C=O) groups is 1. The molecule has 0 bridgehead atoms. The van der Waals surface area contributed by atoms with Crippen LogP contribution in [-0.4, -0.2) is 26.1 Å². The number of hydrogen-bond donors (Lipinski definition) is 0. The molecule has 0 atom stereocenters. The summed E-state index contributed by atoms with van der Waals surface area (Å²) in [6, 6.07) is 5.09. The zero-order valence-electron chi connectivity index (χ0n) is 10.2. The van der Waals surface area contributed by atoms with Crippen LogP contribution in [0, 0.1) is 0 Å². The molecule has 1 rings (SSSR count). The van der Waals surface area contributed by atoms with Gasteiger partial charge in [-0.15, -0.1) is 0 Å². The average molecular weight is 257 g/mol. The molecule has 0 saturated heterocycles. The third kappa shape index (κ3) is 4.75. The number of carbonyl (C=O) groups excluding carboxylic acids is 1. The molecule has 0 radical (unpaired) electrons. The Balaban J connectivity index is 2.55. The van der Waals surface area contributed by atoms with Crippen LogP contribution in [0.5, 0.6) is 5.75 Å². The number of hydrogen-bond acceptors (Lipinski definition) is 3. The van der Waals surface area contributed by atoms with Crippen molar-refractivity contribution in [2.45, 2.75) is 19.8 Å². The molecule has 0 aromatic heterocycles. The van der Waals surface area contributed by atoms with Crippen LogP contribution in [0.15, 0.2) is 18.2 Å². The number of rotatable bonds is 7. The first kappa shape index (κ1) is 14.0. The minimum absolute atomic E-state index is 0.0422. The van der Waals surface area contributed by atoms with E-state index >= 15 is 0 Å². The largest absolute Gasteiger partial charge is 0.493 e. The third-order valence-electron chi connectivity index (χ3n) is 2.32. The van der Waals surface area contributed by atoms with Crippen molar-refractivity contribution >= 4 is 17.4 Å². The van der Waals surface area contributed by atoms with Crippen molar-refractivity contribution in [2.24, 2.45) is 0 Å². The number of ether oxygens (including phenoxy) is 2. The first-order valence-electron chi connectivity index (χ1n) is 5.57. The SMILES string of the molecule is COCCCCOc1ccc(Cl)cc1C(C)=O. The Hall–Kier alpha value is -1.06. The van der Waals surface area contributed by atoms with E-state index in [1.807, 2.05) is 0 Å². The van der Waals surface area contributed by atoms with Crippen LogP contribution >= 0.6 is 11.6 Å². The lowest BCUT2D eigenvalue weighted by atomic mass is 10.1. The molecule has 17 heavy (non-hydrogen) atoms. The predicted molar refractivity (Wildman–Crippen MR) is 68.1 cm³/mol. The summed E-state index contributed by atoms with van der Waals surface area (Å²) in [7, 11) is 1.67. The van der Waals surface area contributed by atoms with E-state index < -0.39 is 0 Å². The van der Waals surface area contributed by atoms with Gasteiger partial charge in [0.05, 0.1) is 12.2 Å². The van der Waals surface area contributed by atoms with Gasteiger partial charge in [0.25, 0.3) is 0 Å². The predicted octanol–water partition coefficient (Wildman–Crippen LogP) is 3.35. The molecular weight excluding hydrogens is 240 g/mol. The number of halogens is 1. The maximum absolute atomic E-state index is 11.4. The fourth-order valence-electron chi connectivity index (χ4n) is 1.43. The molecular formula is C13H17ClO3. The summed E-state index contributed by atoms with van der Waals surface area (Å²) in [6.45, 7) is 2.80. The second-order valence-corrected chi connectivity index (χ2v) is 4.18. The quantitative estimate of drug-likeness (QED) is 0.554. The van der Waals surface area contributed by atoms with E-state index in [1.165, 1.54) is 6.92 Å². The fraction of sp³-hybridized carbons (Fsp3) is 0.462. The van der Waals surface area contributed by atoms with Crippen molar-refractivity contribution in [3.8, 4) is 5.75 Å². The molecule has 0 saturated carbocycles. The maximum atomic E-state index is 11.4. The van der Waals surface area contributed by atoms with Gasteiger partial charge >= 0.3 is 0 Å². The zero-order valence-corrected chi connectivity index (χ0v) is 10.9. The fourth-order valence-corrected chi connectivity index (χ4v) is 1.61. The summed E-state index contributed by atoms with van der Waals surface area (Å²) >= 11 is 5.84.